The Morgan fingerprint density at radius 2 is 1.90 bits per heavy atom. The number of aromatic nitrogens is 3. The number of amides is 1. The molecule has 0 bridgehead atoms. The number of halogens is 3. The third-order valence-corrected chi connectivity index (χ3v) is 4.29. The van der Waals surface area contributed by atoms with Crippen LogP contribution in [0, 0.1) is 6.92 Å². The molecule has 29 heavy (non-hydrogen) atoms. The summed E-state index contributed by atoms with van der Waals surface area (Å²) in [4.78, 5) is 16.6. The van der Waals surface area contributed by atoms with Crippen molar-refractivity contribution < 1.29 is 23.1 Å². The zero-order valence-corrected chi connectivity index (χ0v) is 15.9. The van der Waals surface area contributed by atoms with Crippen LogP contribution >= 0.6 is 0 Å². The van der Waals surface area contributed by atoms with Crippen LogP contribution in [-0.4, -0.2) is 25.8 Å². The van der Waals surface area contributed by atoms with Crippen LogP contribution in [-0.2, 0) is 6.18 Å². The maximum absolute atomic E-state index is 12.8. The van der Waals surface area contributed by atoms with E-state index in [9.17, 15) is 23.1 Å². The lowest BCUT2D eigenvalue weighted by Gasteiger charge is -2.13. The summed E-state index contributed by atoms with van der Waals surface area (Å²) in [5.41, 5.74) is 0.940. The molecule has 0 fully saturated rings. The fraction of sp³-hybridized carbons (Fsp3) is 0.250. The first-order valence-corrected chi connectivity index (χ1v) is 8.80. The molecule has 0 saturated carbocycles. The number of rotatable bonds is 4. The molecule has 3 aromatic rings. The second-order valence-corrected chi connectivity index (χ2v) is 6.89. The Balaban J connectivity index is 1.95. The number of benzene rings is 1. The topological polar surface area (TPSA) is 80.0 Å². The molecule has 0 spiro atoms. The summed E-state index contributed by atoms with van der Waals surface area (Å²) >= 11 is 0. The number of aryl methyl sites for hydroxylation is 1. The fourth-order valence-corrected chi connectivity index (χ4v) is 2.89. The van der Waals surface area contributed by atoms with Crippen LogP contribution in [0.1, 0.15) is 46.9 Å². The van der Waals surface area contributed by atoms with E-state index in [1.54, 1.807) is 12.1 Å². The summed E-state index contributed by atoms with van der Waals surface area (Å²) in [6.07, 6.45) is -2.43. The third-order valence-electron chi connectivity index (χ3n) is 4.29. The highest BCUT2D eigenvalue weighted by molar-refractivity contribution is 6.05. The van der Waals surface area contributed by atoms with Gasteiger partial charge in [-0.2, -0.15) is 18.3 Å². The van der Waals surface area contributed by atoms with Gasteiger partial charge < -0.3 is 10.4 Å². The number of hydrogen-bond acceptors (Lipinski definition) is 4. The number of aromatic hydroxyl groups is 1. The number of nitrogens with zero attached hydrogens (tertiary/aromatic N) is 3. The van der Waals surface area contributed by atoms with Gasteiger partial charge in [0, 0.05) is 6.20 Å². The van der Waals surface area contributed by atoms with Crippen LogP contribution in [0.3, 0.4) is 0 Å². The van der Waals surface area contributed by atoms with Gasteiger partial charge in [0.2, 0.25) is 0 Å². The predicted molar refractivity (Wildman–Crippen MR) is 101 cm³/mol. The maximum Gasteiger partial charge on any atom is 0.417 e. The Hall–Kier alpha value is -3.36. The van der Waals surface area contributed by atoms with Gasteiger partial charge >= 0.3 is 6.18 Å². The Bertz CT molecular complexity index is 1040. The van der Waals surface area contributed by atoms with E-state index in [4.69, 9.17) is 0 Å². The van der Waals surface area contributed by atoms with E-state index < -0.39 is 17.6 Å². The molecule has 2 N–H and O–H groups in total. The number of carbonyl (C=O) groups is 1. The lowest BCUT2D eigenvalue weighted by Crippen LogP contribution is -2.16. The molecular formula is C20H19F3N4O2. The number of hydrogen-bond donors (Lipinski definition) is 2. The first-order chi connectivity index (χ1) is 13.6. The smallest absolute Gasteiger partial charge is 0.417 e. The number of nitrogens with one attached hydrogen (secondary N) is 1. The van der Waals surface area contributed by atoms with Crippen molar-refractivity contribution in [1.82, 2.24) is 14.8 Å². The van der Waals surface area contributed by atoms with E-state index in [0.717, 1.165) is 17.8 Å². The molecule has 2 heterocycles. The van der Waals surface area contributed by atoms with Crippen molar-refractivity contribution in [1.29, 1.82) is 0 Å². The largest absolute Gasteiger partial charge is 0.506 e. The van der Waals surface area contributed by atoms with E-state index in [2.05, 4.69) is 15.4 Å². The number of phenolic OH excluding ortho intramolecular Hbond substituents is 1. The van der Waals surface area contributed by atoms with Crippen LogP contribution in [0.2, 0.25) is 0 Å². The number of phenols is 1. The van der Waals surface area contributed by atoms with Gasteiger partial charge in [0.05, 0.1) is 28.7 Å². The monoisotopic (exact) mass is 404 g/mol. The van der Waals surface area contributed by atoms with Gasteiger partial charge in [-0.15, -0.1) is 0 Å². The highest BCUT2D eigenvalue weighted by Gasteiger charge is 2.31. The normalized spacial score (nSPS) is 11.7. The van der Waals surface area contributed by atoms with Crippen molar-refractivity contribution in [3.05, 3.63) is 65.1 Å². The summed E-state index contributed by atoms with van der Waals surface area (Å²) in [6, 6.07) is 6.97. The second kappa shape index (κ2) is 7.57. The molecule has 9 heteroatoms. The SMILES string of the molecule is Cc1ccc(NC(=O)c2cnn(-c3ccc(C(F)(F)F)cn3)c2C(C)C)c(O)c1. The van der Waals surface area contributed by atoms with Crippen molar-refractivity contribution in [3.63, 3.8) is 0 Å². The number of pyridine rings is 1. The summed E-state index contributed by atoms with van der Waals surface area (Å²) in [5.74, 6) is -0.569. The van der Waals surface area contributed by atoms with Crippen LogP contribution in [0.15, 0.2) is 42.7 Å². The van der Waals surface area contributed by atoms with E-state index in [0.29, 0.717) is 5.69 Å². The Labute approximate surface area is 165 Å². The lowest BCUT2D eigenvalue weighted by molar-refractivity contribution is -0.137. The molecule has 6 nitrogen and oxygen atoms in total. The summed E-state index contributed by atoms with van der Waals surface area (Å²) in [7, 11) is 0. The van der Waals surface area contributed by atoms with Gasteiger partial charge in [0.15, 0.2) is 5.82 Å². The summed E-state index contributed by atoms with van der Waals surface area (Å²) in [6.45, 7) is 5.47. The molecule has 1 aromatic carbocycles. The molecule has 0 aliphatic heterocycles. The summed E-state index contributed by atoms with van der Waals surface area (Å²) < 4.78 is 39.6. The highest BCUT2D eigenvalue weighted by Crippen LogP contribution is 2.30. The summed E-state index contributed by atoms with van der Waals surface area (Å²) in [5, 5.41) is 16.8. The van der Waals surface area contributed by atoms with Crippen LogP contribution in [0.5, 0.6) is 5.75 Å². The molecule has 2 aromatic heterocycles. The zero-order valence-electron chi connectivity index (χ0n) is 15.9. The van der Waals surface area contributed by atoms with Crippen molar-refractivity contribution in [2.24, 2.45) is 0 Å². The Morgan fingerprint density at radius 3 is 2.45 bits per heavy atom. The molecule has 152 valence electrons. The van der Waals surface area contributed by atoms with Gasteiger partial charge in [-0.05, 0) is 42.7 Å². The molecule has 0 aliphatic rings. The van der Waals surface area contributed by atoms with Gasteiger partial charge in [-0.3, -0.25) is 4.79 Å². The van der Waals surface area contributed by atoms with Gasteiger partial charge in [0.25, 0.3) is 5.91 Å². The van der Waals surface area contributed by atoms with Crippen molar-refractivity contribution in [3.8, 4) is 11.6 Å². The van der Waals surface area contributed by atoms with Crippen LogP contribution in [0.4, 0.5) is 18.9 Å². The molecule has 0 unspecified atom stereocenters. The first kappa shape index (κ1) is 20.4. The first-order valence-electron chi connectivity index (χ1n) is 8.80. The second-order valence-electron chi connectivity index (χ2n) is 6.89. The molecule has 1 amide bonds. The van der Waals surface area contributed by atoms with Gasteiger partial charge in [0.1, 0.15) is 5.75 Å². The molecule has 0 atom stereocenters. The molecule has 3 rings (SSSR count). The highest BCUT2D eigenvalue weighted by atomic mass is 19.4. The van der Waals surface area contributed by atoms with Crippen LogP contribution < -0.4 is 5.32 Å². The Kier molecular flexibility index (Phi) is 5.32. The number of carbonyl (C=O) groups excluding carboxylic acids is 1. The van der Waals surface area contributed by atoms with E-state index in [1.165, 1.54) is 23.0 Å². The minimum atomic E-state index is -4.49. The fourth-order valence-electron chi connectivity index (χ4n) is 2.89. The minimum absolute atomic E-state index is 0.0683. The average molecular weight is 404 g/mol. The van der Waals surface area contributed by atoms with Gasteiger partial charge in [-0.1, -0.05) is 19.9 Å². The van der Waals surface area contributed by atoms with Gasteiger partial charge in [-0.25, -0.2) is 9.67 Å². The standard InChI is InChI=1S/C20H19F3N4O2/c1-11(2)18-14(19(29)26-15-6-4-12(3)8-16(15)28)10-25-27(18)17-7-5-13(9-24-17)20(21,22)23/h4-11,28H,1-3H3,(H,26,29). The van der Waals surface area contributed by atoms with Crippen LogP contribution in [0.25, 0.3) is 5.82 Å². The Morgan fingerprint density at radius 1 is 1.17 bits per heavy atom. The zero-order chi connectivity index (χ0) is 21.3. The van der Waals surface area contributed by atoms with Crippen molar-refractivity contribution in [2.75, 3.05) is 5.32 Å². The molecule has 0 aliphatic carbocycles. The number of anilines is 1. The minimum Gasteiger partial charge on any atom is -0.506 e. The quantitative estimate of drug-likeness (QED) is 0.619. The third kappa shape index (κ3) is 4.23. The van der Waals surface area contributed by atoms with Crippen molar-refractivity contribution >= 4 is 11.6 Å². The van der Waals surface area contributed by atoms with Crippen molar-refractivity contribution in [2.45, 2.75) is 32.9 Å². The van der Waals surface area contributed by atoms with E-state index in [1.807, 2.05) is 20.8 Å². The van der Waals surface area contributed by atoms with E-state index in [-0.39, 0.29) is 28.7 Å². The average Bonchev–Trinajstić information content (AvgIpc) is 3.09. The molecule has 0 radical (unpaired) electrons. The number of alkyl halides is 3. The lowest BCUT2D eigenvalue weighted by atomic mass is 10.0. The van der Waals surface area contributed by atoms with E-state index >= 15 is 0 Å². The molecular weight excluding hydrogens is 385 g/mol. The predicted octanol–water partition coefficient (Wildman–Crippen LogP) is 4.68. The molecule has 0 saturated heterocycles. The maximum atomic E-state index is 12.8.